The van der Waals surface area contributed by atoms with Gasteiger partial charge in [0.05, 0.1) is 4.92 Å². The Balaban J connectivity index is 1.72. The molecule has 2 aliphatic carbocycles. The van der Waals surface area contributed by atoms with Crippen molar-refractivity contribution in [2.45, 2.75) is 57.7 Å². The van der Waals surface area contributed by atoms with Gasteiger partial charge in [-0.3, -0.25) is 14.9 Å². The first-order chi connectivity index (χ1) is 15.9. The third kappa shape index (κ3) is 4.01. The van der Waals surface area contributed by atoms with Crippen LogP contribution >= 0.6 is 0 Å². The number of nitro benzene ring substituents is 1. The van der Waals surface area contributed by atoms with Crippen LogP contribution in [0.1, 0.15) is 56.2 Å². The summed E-state index contributed by atoms with van der Waals surface area (Å²) in [6.07, 6.45) is -3.78. The van der Waals surface area contributed by atoms with Gasteiger partial charge < -0.3 is 10.6 Å². The van der Waals surface area contributed by atoms with Crippen molar-refractivity contribution in [3.63, 3.8) is 0 Å². The third-order valence-corrected chi connectivity index (χ3v) is 8.01. The molecule has 4 rings (SSSR count). The van der Waals surface area contributed by atoms with Crippen molar-refractivity contribution < 1.29 is 22.9 Å². The third-order valence-electron chi connectivity index (χ3n) is 8.01. The number of carbonyl (C=O) groups excluding carboxylic acids is 1. The molecule has 2 N–H and O–H groups in total. The van der Waals surface area contributed by atoms with Crippen LogP contribution in [0.4, 0.5) is 24.5 Å². The highest BCUT2D eigenvalue weighted by molar-refractivity contribution is 5.81. The molecule has 1 amide bonds. The van der Waals surface area contributed by atoms with Gasteiger partial charge in [0.15, 0.2) is 0 Å². The molecule has 2 aromatic carbocycles. The van der Waals surface area contributed by atoms with Crippen LogP contribution < -0.4 is 10.6 Å². The van der Waals surface area contributed by atoms with Gasteiger partial charge in [-0.15, -0.1) is 0 Å². The minimum Gasteiger partial charge on any atom is -0.375 e. The molecule has 0 saturated heterocycles. The van der Waals surface area contributed by atoms with E-state index in [0.717, 1.165) is 23.1 Å². The summed E-state index contributed by atoms with van der Waals surface area (Å²) in [6, 6.07) is 12.8. The van der Waals surface area contributed by atoms with Gasteiger partial charge in [0.1, 0.15) is 5.69 Å². The summed E-state index contributed by atoms with van der Waals surface area (Å²) in [4.78, 5) is 22.8. The Labute approximate surface area is 196 Å². The van der Waals surface area contributed by atoms with E-state index in [1.807, 2.05) is 42.6 Å². The van der Waals surface area contributed by atoms with Gasteiger partial charge in [0.2, 0.25) is 0 Å². The van der Waals surface area contributed by atoms with Crippen molar-refractivity contribution in [1.82, 2.24) is 5.32 Å². The van der Waals surface area contributed by atoms with E-state index in [2.05, 4.69) is 19.2 Å². The minimum atomic E-state index is -4.93. The van der Waals surface area contributed by atoms with Crippen LogP contribution in [0.2, 0.25) is 0 Å². The van der Waals surface area contributed by atoms with Crippen molar-refractivity contribution in [3.8, 4) is 0 Å². The van der Waals surface area contributed by atoms with Gasteiger partial charge in [-0.25, -0.2) is 0 Å². The molecule has 0 heterocycles. The monoisotopic (exact) mass is 475 g/mol. The number of hydrogen-bond donors (Lipinski definition) is 2. The smallest absolute Gasteiger partial charge is 0.375 e. The first-order valence-electron chi connectivity index (χ1n) is 11.3. The number of nitrogens with zero attached hydrogens (tertiary/aromatic N) is 1. The van der Waals surface area contributed by atoms with Crippen molar-refractivity contribution >= 4 is 17.3 Å². The van der Waals surface area contributed by atoms with Crippen molar-refractivity contribution in [2.75, 3.05) is 11.9 Å². The fraction of sp³-hybridized carbons (Fsp3) is 0.480. The number of amides is 1. The number of alkyl halides is 3. The SMILES string of the molecule is CC1(CCNC(=O)C(F)(F)F)c2ccc([N+](=O)[O-])c(NCc3ccccc3)c2C2C[C@H]2C1(C)C. The first kappa shape index (κ1) is 24.0. The normalized spacial score (nSPS) is 24.5. The number of halogens is 3. The number of benzene rings is 2. The van der Waals surface area contributed by atoms with E-state index in [-0.39, 0.29) is 35.9 Å². The van der Waals surface area contributed by atoms with Gasteiger partial charge in [-0.2, -0.15) is 13.2 Å². The van der Waals surface area contributed by atoms with E-state index in [1.54, 1.807) is 6.07 Å². The van der Waals surface area contributed by atoms with Crippen LogP contribution in [0, 0.1) is 21.4 Å². The molecular formula is C25H28F3N3O3. The second-order valence-electron chi connectivity index (χ2n) is 10.0. The molecular weight excluding hydrogens is 447 g/mol. The van der Waals surface area contributed by atoms with E-state index in [4.69, 9.17) is 0 Å². The molecule has 9 heteroatoms. The van der Waals surface area contributed by atoms with Gasteiger partial charge in [-0.1, -0.05) is 57.2 Å². The number of hydrogen-bond acceptors (Lipinski definition) is 4. The second kappa shape index (κ2) is 8.29. The lowest BCUT2D eigenvalue weighted by atomic mass is 9.54. The average Bonchev–Trinajstić information content (AvgIpc) is 3.57. The topological polar surface area (TPSA) is 84.3 Å². The maximum absolute atomic E-state index is 12.7. The van der Waals surface area contributed by atoms with Crippen LogP contribution in [0.5, 0.6) is 0 Å². The lowest BCUT2D eigenvalue weighted by molar-refractivity contribution is -0.384. The molecule has 182 valence electrons. The quantitative estimate of drug-likeness (QED) is 0.399. The van der Waals surface area contributed by atoms with Crippen LogP contribution in [-0.4, -0.2) is 23.6 Å². The Morgan fingerprint density at radius 3 is 2.44 bits per heavy atom. The van der Waals surface area contributed by atoms with Crippen LogP contribution in [0.15, 0.2) is 42.5 Å². The fourth-order valence-electron chi connectivity index (χ4n) is 5.65. The maximum atomic E-state index is 12.7. The van der Waals surface area contributed by atoms with Gasteiger partial charge in [0.25, 0.3) is 5.69 Å². The lowest BCUT2D eigenvalue weighted by Crippen LogP contribution is -2.47. The van der Waals surface area contributed by atoms with Crippen molar-refractivity contribution in [2.24, 2.45) is 11.3 Å². The molecule has 1 saturated carbocycles. The summed E-state index contributed by atoms with van der Waals surface area (Å²) in [7, 11) is 0. The van der Waals surface area contributed by atoms with Gasteiger partial charge in [-0.05, 0) is 52.2 Å². The van der Waals surface area contributed by atoms with E-state index in [1.165, 1.54) is 6.07 Å². The maximum Gasteiger partial charge on any atom is 0.471 e. The summed E-state index contributed by atoms with van der Waals surface area (Å²) in [5.41, 5.74) is 2.40. The number of anilines is 1. The first-order valence-corrected chi connectivity index (χ1v) is 11.3. The standard InChI is InChI=1S/C25H28F3N3O3/c1-23(2)18-13-16(18)20-17(24(23,3)11-12-29-22(32)25(26,27)28)9-10-19(31(33)34)21(20)30-14-15-7-5-4-6-8-15/h4-10,16,18,30H,11-14H2,1-3H3,(H,29,32)/t16?,18-,24?/m1/s1. The molecule has 2 unspecified atom stereocenters. The summed E-state index contributed by atoms with van der Waals surface area (Å²) >= 11 is 0. The highest BCUT2D eigenvalue weighted by Crippen LogP contribution is 2.70. The summed E-state index contributed by atoms with van der Waals surface area (Å²) in [6.45, 7) is 6.47. The zero-order chi connectivity index (χ0) is 24.9. The fourth-order valence-corrected chi connectivity index (χ4v) is 5.65. The molecule has 0 aliphatic heterocycles. The highest BCUT2D eigenvalue weighted by atomic mass is 19.4. The Bertz CT molecular complexity index is 1120. The Morgan fingerprint density at radius 1 is 1.15 bits per heavy atom. The summed E-state index contributed by atoms with van der Waals surface area (Å²) in [5, 5.41) is 17.2. The van der Waals surface area contributed by atoms with E-state index in [0.29, 0.717) is 12.2 Å². The molecule has 0 radical (unpaired) electrons. The van der Waals surface area contributed by atoms with Crippen molar-refractivity contribution in [3.05, 3.63) is 69.3 Å². The number of nitro groups is 1. The number of fused-ring (bicyclic) bond motifs is 3. The summed E-state index contributed by atoms with van der Waals surface area (Å²) in [5.74, 6) is -1.55. The Morgan fingerprint density at radius 2 is 1.82 bits per heavy atom. The predicted molar refractivity (Wildman–Crippen MR) is 123 cm³/mol. The van der Waals surface area contributed by atoms with Crippen LogP contribution in [0.25, 0.3) is 0 Å². The second-order valence-corrected chi connectivity index (χ2v) is 10.0. The molecule has 0 spiro atoms. The van der Waals surface area contributed by atoms with Crippen LogP contribution in [-0.2, 0) is 16.8 Å². The van der Waals surface area contributed by atoms with Crippen molar-refractivity contribution in [1.29, 1.82) is 0 Å². The number of rotatable bonds is 7. The Hall–Kier alpha value is -3.10. The molecule has 2 aliphatic rings. The van der Waals surface area contributed by atoms with Gasteiger partial charge in [0, 0.05) is 19.2 Å². The van der Waals surface area contributed by atoms with E-state index < -0.39 is 22.4 Å². The average molecular weight is 476 g/mol. The number of carbonyl (C=O) groups is 1. The zero-order valence-electron chi connectivity index (χ0n) is 19.3. The molecule has 0 aromatic heterocycles. The molecule has 1 fully saturated rings. The highest BCUT2D eigenvalue weighted by Gasteiger charge is 2.62. The molecule has 2 aromatic rings. The molecule has 3 atom stereocenters. The predicted octanol–water partition coefficient (Wildman–Crippen LogP) is 5.68. The van der Waals surface area contributed by atoms with E-state index >= 15 is 0 Å². The minimum absolute atomic E-state index is 0.00670. The summed E-state index contributed by atoms with van der Waals surface area (Å²) < 4.78 is 38.1. The van der Waals surface area contributed by atoms with Crippen LogP contribution in [0.3, 0.4) is 0 Å². The Kier molecular flexibility index (Phi) is 5.86. The van der Waals surface area contributed by atoms with Gasteiger partial charge >= 0.3 is 12.1 Å². The zero-order valence-corrected chi connectivity index (χ0v) is 19.3. The lowest BCUT2D eigenvalue weighted by Gasteiger charge is -2.50. The van der Waals surface area contributed by atoms with E-state index in [9.17, 15) is 28.1 Å². The largest absolute Gasteiger partial charge is 0.471 e. The molecule has 0 bridgehead atoms. The molecule has 6 nitrogen and oxygen atoms in total. The number of nitrogens with one attached hydrogen (secondary N) is 2. The molecule has 34 heavy (non-hydrogen) atoms.